The molecule has 0 spiro atoms. The van der Waals surface area contributed by atoms with E-state index < -0.39 is 0 Å². The van der Waals surface area contributed by atoms with E-state index in [1.54, 1.807) is 13.1 Å². The monoisotopic (exact) mass is 448 g/mol. The minimum absolute atomic E-state index is 0.113. The molecule has 2 aromatic heterocycles. The van der Waals surface area contributed by atoms with E-state index in [2.05, 4.69) is 32.5 Å². The first-order valence-corrected chi connectivity index (χ1v) is 11.6. The van der Waals surface area contributed by atoms with Crippen molar-refractivity contribution < 1.29 is 4.79 Å². The Bertz CT molecular complexity index is 1390. The number of rotatable bonds is 5. The number of aryl methyl sites for hydroxylation is 2. The number of anilines is 2. The molecule has 0 bridgehead atoms. The standard InChI is InChI=1S/C23H24N6O2S/c1-15-13-16(28-11-5-6-12-28)9-10-18(15)24-20(30)14-32-23-26-25-22-27(2)21(31)17-7-3-4-8-19(17)29(22)23/h3-4,7-10,13H,5-6,11-12,14H2,1-2H3,(H,24,30). The predicted molar refractivity (Wildman–Crippen MR) is 128 cm³/mol. The average molecular weight is 449 g/mol. The van der Waals surface area contributed by atoms with Crippen molar-refractivity contribution in [1.29, 1.82) is 0 Å². The summed E-state index contributed by atoms with van der Waals surface area (Å²) in [6.07, 6.45) is 2.46. The molecule has 9 heteroatoms. The number of thioether (sulfide) groups is 1. The van der Waals surface area contributed by atoms with Gasteiger partial charge in [0.15, 0.2) is 5.16 Å². The molecule has 1 aliphatic rings. The minimum Gasteiger partial charge on any atom is -0.372 e. The molecule has 32 heavy (non-hydrogen) atoms. The van der Waals surface area contributed by atoms with Gasteiger partial charge in [-0.15, -0.1) is 10.2 Å². The quantitative estimate of drug-likeness (QED) is 0.472. The Morgan fingerprint density at radius 1 is 1.12 bits per heavy atom. The van der Waals surface area contributed by atoms with Crippen LogP contribution in [-0.4, -0.2) is 43.9 Å². The fourth-order valence-electron chi connectivity index (χ4n) is 4.18. The van der Waals surface area contributed by atoms with Crippen LogP contribution >= 0.6 is 11.8 Å². The van der Waals surface area contributed by atoms with Crippen LogP contribution in [0.5, 0.6) is 0 Å². The molecule has 0 atom stereocenters. The van der Waals surface area contributed by atoms with E-state index >= 15 is 0 Å². The summed E-state index contributed by atoms with van der Waals surface area (Å²) in [5.41, 5.74) is 3.67. The van der Waals surface area contributed by atoms with Gasteiger partial charge in [0, 0.05) is 31.5 Å². The Labute approximate surface area is 189 Å². The maximum absolute atomic E-state index is 12.7. The number of benzene rings is 2. The molecule has 0 radical (unpaired) electrons. The van der Waals surface area contributed by atoms with Crippen molar-refractivity contribution in [2.75, 3.05) is 29.1 Å². The molecular formula is C23H24N6O2S. The zero-order chi connectivity index (χ0) is 22.2. The van der Waals surface area contributed by atoms with Crippen LogP contribution in [0.15, 0.2) is 52.4 Å². The van der Waals surface area contributed by atoms with Gasteiger partial charge in [0.1, 0.15) is 0 Å². The van der Waals surface area contributed by atoms with Crippen LogP contribution in [0.1, 0.15) is 18.4 Å². The first kappa shape index (κ1) is 20.6. The van der Waals surface area contributed by atoms with Crippen LogP contribution in [0.2, 0.25) is 0 Å². The van der Waals surface area contributed by atoms with E-state index in [0.29, 0.717) is 16.3 Å². The molecule has 3 heterocycles. The minimum atomic E-state index is -0.123. The Balaban J connectivity index is 1.34. The molecule has 0 aliphatic carbocycles. The number of hydrogen-bond acceptors (Lipinski definition) is 6. The summed E-state index contributed by atoms with van der Waals surface area (Å²) in [6, 6.07) is 13.5. The Morgan fingerprint density at radius 3 is 2.69 bits per heavy atom. The van der Waals surface area contributed by atoms with E-state index in [1.807, 2.05) is 35.6 Å². The summed E-state index contributed by atoms with van der Waals surface area (Å²) in [7, 11) is 1.68. The van der Waals surface area contributed by atoms with E-state index in [9.17, 15) is 9.59 Å². The summed E-state index contributed by atoms with van der Waals surface area (Å²) in [4.78, 5) is 27.6. The lowest BCUT2D eigenvalue weighted by atomic mass is 10.1. The van der Waals surface area contributed by atoms with Crippen LogP contribution in [0.3, 0.4) is 0 Å². The molecule has 164 valence electrons. The maximum Gasteiger partial charge on any atom is 0.262 e. The summed E-state index contributed by atoms with van der Waals surface area (Å²) >= 11 is 1.30. The summed E-state index contributed by atoms with van der Waals surface area (Å²) in [6.45, 7) is 4.20. The highest BCUT2D eigenvalue weighted by molar-refractivity contribution is 7.99. The molecule has 2 aromatic carbocycles. The van der Waals surface area contributed by atoms with Gasteiger partial charge in [0.2, 0.25) is 11.7 Å². The Morgan fingerprint density at radius 2 is 1.91 bits per heavy atom. The van der Waals surface area contributed by atoms with Gasteiger partial charge in [0.05, 0.1) is 16.7 Å². The van der Waals surface area contributed by atoms with Crippen LogP contribution < -0.4 is 15.8 Å². The molecular weight excluding hydrogens is 424 g/mol. The topological polar surface area (TPSA) is 84.5 Å². The number of nitrogens with one attached hydrogen (secondary N) is 1. The largest absolute Gasteiger partial charge is 0.372 e. The molecule has 5 rings (SSSR count). The molecule has 0 saturated carbocycles. The lowest BCUT2D eigenvalue weighted by Crippen LogP contribution is -2.20. The second-order valence-corrected chi connectivity index (χ2v) is 8.97. The lowest BCUT2D eigenvalue weighted by molar-refractivity contribution is -0.113. The summed E-state index contributed by atoms with van der Waals surface area (Å²) in [5.74, 6) is 0.522. The van der Waals surface area contributed by atoms with Gasteiger partial charge >= 0.3 is 0 Å². The summed E-state index contributed by atoms with van der Waals surface area (Å²) in [5, 5.41) is 12.6. The first-order valence-electron chi connectivity index (χ1n) is 10.6. The number of aromatic nitrogens is 4. The average Bonchev–Trinajstić information content (AvgIpc) is 3.48. The van der Waals surface area contributed by atoms with E-state index in [0.717, 1.165) is 29.9 Å². The Kier molecular flexibility index (Phi) is 5.34. The van der Waals surface area contributed by atoms with Gasteiger partial charge in [-0.25, -0.2) is 0 Å². The van der Waals surface area contributed by atoms with Gasteiger partial charge in [-0.05, 0) is 55.7 Å². The smallest absolute Gasteiger partial charge is 0.262 e. The number of amides is 1. The number of fused-ring (bicyclic) bond motifs is 3. The zero-order valence-electron chi connectivity index (χ0n) is 18.0. The van der Waals surface area contributed by atoms with Gasteiger partial charge < -0.3 is 10.2 Å². The summed E-state index contributed by atoms with van der Waals surface area (Å²) < 4.78 is 3.30. The molecule has 1 fully saturated rings. The lowest BCUT2D eigenvalue weighted by Gasteiger charge is -2.19. The van der Waals surface area contributed by atoms with Gasteiger partial charge in [-0.2, -0.15) is 0 Å². The van der Waals surface area contributed by atoms with Crippen molar-refractivity contribution in [2.24, 2.45) is 7.05 Å². The molecule has 1 aliphatic heterocycles. The molecule has 1 saturated heterocycles. The highest BCUT2D eigenvalue weighted by atomic mass is 32.2. The van der Waals surface area contributed by atoms with E-state index in [4.69, 9.17) is 0 Å². The van der Waals surface area contributed by atoms with Crippen molar-refractivity contribution in [3.05, 3.63) is 58.4 Å². The number of para-hydroxylation sites is 1. The van der Waals surface area contributed by atoms with Crippen LogP contribution in [0, 0.1) is 6.92 Å². The number of hydrogen-bond donors (Lipinski definition) is 1. The van der Waals surface area contributed by atoms with Gasteiger partial charge in [-0.1, -0.05) is 23.9 Å². The van der Waals surface area contributed by atoms with Crippen molar-refractivity contribution in [3.8, 4) is 0 Å². The van der Waals surface area contributed by atoms with E-state index in [1.165, 1.54) is 34.9 Å². The van der Waals surface area contributed by atoms with E-state index in [-0.39, 0.29) is 17.2 Å². The number of carbonyl (C=O) groups excluding carboxylic acids is 1. The molecule has 0 unspecified atom stereocenters. The fourth-order valence-corrected chi connectivity index (χ4v) is 4.92. The third-order valence-corrected chi connectivity index (χ3v) is 6.81. The zero-order valence-corrected chi connectivity index (χ0v) is 18.9. The van der Waals surface area contributed by atoms with Crippen LogP contribution in [0.4, 0.5) is 11.4 Å². The van der Waals surface area contributed by atoms with Crippen molar-refractivity contribution in [1.82, 2.24) is 19.2 Å². The second-order valence-electron chi connectivity index (χ2n) is 8.03. The second kappa shape index (κ2) is 8.31. The molecule has 8 nitrogen and oxygen atoms in total. The number of carbonyl (C=O) groups is 1. The van der Waals surface area contributed by atoms with Gasteiger partial charge in [-0.3, -0.25) is 18.6 Å². The van der Waals surface area contributed by atoms with Crippen LogP contribution in [0.25, 0.3) is 16.7 Å². The maximum atomic E-state index is 12.7. The normalized spacial score (nSPS) is 13.9. The molecule has 1 N–H and O–H groups in total. The molecule has 4 aromatic rings. The third-order valence-electron chi connectivity index (χ3n) is 5.88. The van der Waals surface area contributed by atoms with Crippen LogP contribution in [-0.2, 0) is 11.8 Å². The Hall–Kier alpha value is -3.33. The highest BCUT2D eigenvalue weighted by Gasteiger charge is 2.17. The van der Waals surface area contributed by atoms with Gasteiger partial charge in [0.25, 0.3) is 5.56 Å². The third kappa shape index (κ3) is 3.62. The predicted octanol–water partition coefficient (Wildman–Crippen LogP) is 3.22. The SMILES string of the molecule is Cc1cc(N2CCCC2)ccc1NC(=O)CSc1nnc2n(C)c(=O)c3ccccc3n12. The highest BCUT2D eigenvalue weighted by Crippen LogP contribution is 2.26. The van der Waals surface area contributed by atoms with Crippen molar-refractivity contribution in [2.45, 2.75) is 24.9 Å². The van der Waals surface area contributed by atoms with Crippen molar-refractivity contribution >= 4 is 45.7 Å². The fraction of sp³-hybridized carbons (Fsp3) is 0.304. The first-order chi connectivity index (χ1) is 15.5. The van der Waals surface area contributed by atoms with Crippen molar-refractivity contribution in [3.63, 3.8) is 0 Å². The number of nitrogens with zero attached hydrogens (tertiary/aromatic N) is 5. The molecule has 1 amide bonds.